The van der Waals surface area contributed by atoms with Crippen LogP contribution in [0.15, 0.2) is 42.5 Å². The molecule has 0 saturated carbocycles. The van der Waals surface area contributed by atoms with Crippen molar-refractivity contribution in [2.75, 3.05) is 25.0 Å². The fourth-order valence-corrected chi connectivity index (χ4v) is 3.85. The molecule has 0 unspecified atom stereocenters. The second-order valence-corrected chi connectivity index (χ2v) is 7.92. The van der Waals surface area contributed by atoms with Crippen molar-refractivity contribution >= 4 is 22.5 Å². The minimum Gasteiger partial charge on any atom is -0.355 e. The third kappa shape index (κ3) is 3.93. The largest absolute Gasteiger partial charge is 0.355 e. The number of nitrogens with two attached hydrogens (primary N) is 1. The van der Waals surface area contributed by atoms with Gasteiger partial charge in [-0.3, -0.25) is 4.79 Å². The third-order valence-electron chi connectivity index (χ3n) is 5.66. The van der Waals surface area contributed by atoms with Crippen LogP contribution >= 0.6 is 0 Å². The van der Waals surface area contributed by atoms with Crippen LogP contribution in [0, 0.1) is 13.8 Å². The number of aryl methyl sites for hydroxylation is 1. The zero-order valence-electron chi connectivity index (χ0n) is 17.2. The quantitative estimate of drug-likeness (QED) is 0.742. The SMILES string of the molecule is Cc1nc(C(=O)N(C)Cc2ccc3ccccc3c2)nc(N2CC[C@@H](N)C2)c1C. The number of fused-ring (bicyclic) bond motifs is 1. The zero-order valence-corrected chi connectivity index (χ0v) is 17.2. The Kier molecular flexibility index (Phi) is 5.20. The van der Waals surface area contributed by atoms with E-state index in [1.165, 1.54) is 10.8 Å². The van der Waals surface area contributed by atoms with Crippen molar-refractivity contribution in [2.24, 2.45) is 5.73 Å². The van der Waals surface area contributed by atoms with Crippen LogP contribution in [0.5, 0.6) is 0 Å². The first-order chi connectivity index (χ1) is 13.9. The van der Waals surface area contributed by atoms with Gasteiger partial charge in [-0.1, -0.05) is 36.4 Å². The van der Waals surface area contributed by atoms with Gasteiger partial charge in [0.1, 0.15) is 5.82 Å². The Morgan fingerprint density at radius 1 is 1.17 bits per heavy atom. The molecule has 150 valence electrons. The molecule has 6 nitrogen and oxygen atoms in total. The summed E-state index contributed by atoms with van der Waals surface area (Å²) in [7, 11) is 1.79. The molecule has 2 heterocycles. The predicted octanol–water partition coefficient (Wildman–Crippen LogP) is 3.06. The first kappa shape index (κ1) is 19.3. The van der Waals surface area contributed by atoms with Crippen molar-refractivity contribution in [3.63, 3.8) is 0 Å². The number of carbonyl (C=O) groups excluding carboxylic acids is 1. The summed E-state index contributed by atoms with van der Waals surface area (Å²) in [5.41, 5.74) is 8.98. The van der Waals surface area contributed by atoms with Crippen molar-refractivity contribution < 1.29 is 4.79 Å². The average Bonchev–Trinajstić information content (AvgIpc) is 3.15. The van der Waals surface area contributed by atoms with Crippen molar-refractivity contribution in [3.05, 3.63) is 65.1 Å². The van der Waals surface area contributed by atoms with Crippen LogP contribution in [0.3, 0.4) is 0 Å². The maximum Gasteiger partial charge on any atom is 0.291 e. The molecule has 0 aliphatic carbocycles. The van der Waals surface area contributed by atoms with E-state index < -0.39 is 0 Å². The van der Waals surface area contributed by atoms with Gasteiger partial charge in [0.25, 0.3) is 5.91 Å². The van der Waals surface area contributed by atoms with Crippen molar-refractivity contribution in [1.29, 1.82) is 0 Å². The summed E-state index contributed by atoms with van der Waals surface area (Å²) in [6.45, 7) is 6.05. The number of benzene rings is 2. The van der Waals surface area contributed by atoms with E-state index in [0.29, 0.717) is 6.54 Å². The Hall–Kier alpha value is -2.99. The van der Waals surface area contributed by atoms with E-state index in [1.807, 2.05) is 26.0 Å². The molecule has 1 aliphatic rings. The van der Waals surface area contributed by atoms with Crippen LogP contribution in [0.4, 0.5) is 5.82 Å². The lowest BCUT2D eigenvalue weighted by Gasteiger charge is -2.22. The van der Waals surface area contributed by atoms with Crippen LogP contribution < -0.4 is 10.6 Å². The number of anilines is 1. The van der Waals surface area contributed by atoms with Crippen molar-refractivity contribution in [1.82, 2.24) is 14.9 Å². The Balaban J connectivity index is 1.57. The Morgan fingerprint density at radius 3 is 2.66 bits per heavy atom. The van der Waals surface area contributed by atoms with Crippen LogP contribution in [-0.2, 0) is 6.54 Å². The Bertz CT molecular complexity index is 1060. The normalized spacial score (nSPS) is 16.4. The van der Waals surface area contributed by atoms with Crippen LogP contribution in [0.1, 0.15) is 33.9 Å². The number of rotatable bonds is 4. The summed E-state index contributed by atoms with van der Waals surface area (Å²) in [4.78, 5) is 26.0. The molecular weight excluding hydrogens is 362 g/mol. The maximum atomic E-state index is 13.1. The second-order valence-electron chi connectivity index (χ2n) is 7.92. The molecular formula is C23H27N5O. The van der Waals surface area contributed by atoms with Gasteiger partial charge < -0.3 is 15.5 Å². The fraction of sp³-hybridized carbons (Fsp3) is 0.348. The standard InChI is InChI=1S/C23H27N5O/c1-15-16(2)25-21(26-22(15)28-11-10-20(24)14-28)23(29)27(3)13-17-8-9-18-6-4-5-7-19(18)12-17/h4-9,12,20H,10-11,13-14,24H2,1-3H3/t20-/m1/s1. The van der Waals surface area contributed by atoms with E-state index in [-0.39, 0.29) is 17.8 Å². The molecule has 0 radical (unpaired) electrons. The highest BCUT2D eigenvalue weighted by atomic mass is 16.2. The molecule has 2 aromatic carbocycles. The van der Waals surface area contributed by atoms with Gasteiger partial charge in [-0.15, -0.1) is 0 Å². The van der Waals surface area contributed by atoms with Gasteiger partial charge in [-0.25, -0.2) is 9.97 Å². The number of nitrogens with zero attached hydrogens (tertiary/aromatic N) is 4. The minimum absolute atomic E-state index is 0.152. The third-order valence-corrected chi connectivity index (χ3v) is 5.66. The predicted molar refractivity (Wildman–Crippen MR) is 116 cm³/mol. The summed E-state index contributed by atoms with van der Waals surface area (Å²) in [5.74, 6) is 0.894. The van der Waals surface area contributed by atoms with E-state index in [4.69, 9.17) is 5.73 Å². The molecule has 1 fully saturated rings. The van der Waals surface area contributed by atoms with Crippen molar-refractivity contribution in [2.45, 2.75) is 32.9 Å². The average molecular weight is 390 g/mol. The number of aromatic nitrogens is 2. The summed E-state index contributed by atoms with van der Waals surface area (Å²) < 4.78 is 0. The van der Waals surface area contributed by atoms with Crippen LogP contribution in [-0.4, -0.2) is 47.0 Å². The van der Waals surface area contributed by atoms with Gasteiger partial charge >= 0.3 is 0 Å². The molecule has 0 bridgehead atoms. The minimum atomic E-state index is -0.175. The number of hydrogen-bond donors (Lipinski definition) is 1. The molecule has 1 saturated heterocycles. The van der Waals surface area contributed by atoms with Crippen LogP contribution in [0.2, 0.25) is 0 Å². The molecule has 3 aromatic rings. The number of carbonyl (C=O) groups is 1. The van der Waals surface area contributed by atoms with Gasteiger partial charge in [-0.05, 0) is 42.7 Å². The topological polar surface area (TPSA) is 75.4 Å². The highest BCUT2D eigenvalue weighted by Gasteiger charge is 2.25. The molecule has 0 spiro atoms. The van der Waals surface area contributed by atoms with E-state index in [2.05, 4.69) is 45.2 Å². The van der Waals surface area contributed by atoms with Gasteiger partial charge in [0.15, 0.2) is 0 Å². The van der Waals surface area contributed by atoms with Crippen molar-refractivity contribution in [3.8, 4) is 0 Å². The van der Waals surface area contributed by atoms with Crippen LogP contribution in [0.25, 0.3) is 10.8 Å². The Labute approximate surface area is 171 Å². The molecule has 4 rings (SSSR count). The van der Waals surface area contributed by atoms with E-state index >= 15 is 0 Å². The first-order valence-corrected chi connectivity index (χ1v) is 10.0. The van der Waals surface area contributed by atoms with Gasteiger partial charge in [-0.2, -0.15) is 0 Å². The number of hydrogen-bond acceptors (Lipinski definition) is 5. The second kappa shape index (κ2) is 7.79. The summed E-state index contributed by atoms with van der Waals surface area (Å²) >= 11 is 0. The molecule has 6 heteroatoms. The zero-order chi connectivity index (χ0) is 20.5. The van der Waals surface area contributed by atoms with E-state index in [0.717, 1.165) is 42.1 Å². The van der Waals surface area contributed by atoms with Gasteiger partial charge in [0, 0.05) is 44.0 Å². The molecule has 1 aromatic heterocycles. The summed E-state index contributed by atoms with van der Waals surface area (Å²) in [6.07, 6.45) is 0.938. The monoisotopic (exact) mass is 389 g/mol. The summed E-state index contributed by atoms with van der Waals surface area (Å²) in [6, 6.07) is 14.6. The summed E-state index contributed by atoms with van der Waals surface area (Å²) in [5, 5.41) is 2.36. The first-order valence-electron chi connectivity index (χ1n) is 10.0. The fourth-order valence-electron chi connectivity index (χ4n) is 3.85. The lowest BCUT2D eigenvalue weighted by Crippen LogP contribution is -2.31. The number of amides is 1. The lowest BCUT2D eigenvalue weighted by atomic mass is 10.1. The highest BCUT2D eigenvalue weighted by Crippen LogP contribution is 2.24. The molecule has 1 amide bonds. The van der Waals surface area contributed by atoms with E-state index in [1.54, 1.807) is 11.9 Å². The highest BCUT2D eigenvalue weighted by molar-refractivity contribution is 5.91. The maximum absolute atomic E-state index is 13.1. The molecule has 2 N–H and O–H groups in total. The lowest BCUT2D eigenvalue weighted by molar-refractivity contribution is 0.0772. The smallest absolute Gasteiger partial charge is 0.291 e. The van der Waals surface area contributed by atoms with E-state index in [9.17, 15) is 4.79 Å². The van der Waals surface area contributed by atoms with Gasteiger partial charge in [0.2, 0.25) is 5.82 Å². The molecule has 1 aliphatic heterocycles. The Morgan fingerprint density at radius 2 is 1.93 bits per heavy atom. The molecule has 1 atom stereocenters. The van der Waals surface area contributed by atoms with Gasteiger partial charge in [0.05, 0.1) is 0 Å². The molecule has 29 heavy (non-hydrogen) atoms.